The SMILES string of the molecule is COc1c(C)cc(C)c(Br)c1C(CN)C(=O)O. The van der Waals surface area contributed by atoms with Crippen molar-refractivity contribution in [2.75, 3.05) is 13.7 Å². The average molecular weight is 302 g/mol. The number of carbonyl (C=O) groups is 1. The first kappa shape index (κ1) is 14.0. The Balaban J connectivity index is 3.53. The number of halogens is 1. The Morgan fingerprint density at radius 1 is 1.53 bits per heavy atom. The van der Waals surface area contributed by atoms with Gasteiger partial charge in [0.2, 0.25) is 0 Å². The molecule has 0 saturated carbocycles. The van der Waals surface area contributed by atoms with Crippen molar-refractivity contribution in [2.45, 2.75) is 19.8 Å². The molecule has 1 aromatic carbocycles. The van der Waals surface area contributed by atoms with E-state index in [1.807, 2.05) is 19.9 Å². The molecule has 0 amide bonds. The summed E-state index contributed by atoms with van der Waals surface area (Å²) in [4.78, 5) is 11.2. The minimum Gasteiger partial charge on any atom is -0.496 e. The summed E-state index contributed by atoms with van der Waals surface area (Å²) in [5.41, 5.74) is 8.03. The van der Waals surface area contributed by atoms with Gasteiger partial charge in [0, 0.05) is 16.6 Å². The summed E-state index contributed by atoms with van der Waals surface area (Å²) in [6.07, 6.45) is 0. The lowest BCUT2D eigenvalue weighted by molar-refractivity contribution is -0.138. The third-order valence-electron chi connectivity index (χ3n) is 2.70. The summed E-state index contributed by atoms with van der Waals surface area (Å²) in [6.45, 7) is 3.83. The zero-order valence-corrected chi connectivity index (χ0v) is 11.7. The molecule has 0 aliphatic heterocycles. The highest BCUT2D eigenvalue weighted by atomic mass is 79.9. The first-order valence-electron chi connectivity index (χ1n) is 5.20. The maximum Gasteiger partial charge on any atom is 0.312 e. The molecule has 17 heavy (non-hydrogen) atoms. The second-order valence-electron chi connectivity index (χ2n) is 3.90. The van der Waals surface area contributed by atoms with E-state index < -0.39 is 11.9 Å². The summed E-state index contributed by atoms with van der Waals surface area (Å²) in [5, 5.41) is 9.20. The minimum absolute atomic E-state index is 0.0349. The number of ether oxygens (including phenoxy) is 1. The molecule has 0 saturated heterocycles. The number of benzene rings is 1. The number of hydrogen-bond acceptors (Lipinski definition) is 3. The number of aryl methyl sites for hydroxylation is 2. The van der Waals surface area contributed by atoms with Crippen LogP contribution in [0.4, 0.5) is 0 Å². The van der Waals surface area contributed by atoms with E-state index >= 15 is 0 Å². The second-order valence-corrected chi connectivity index (χ2v) is 4.69. The van der Waals surface area contributed by atoms with Crippen molar-refractivity contribution >= 4 is 21.9 Å². The van der Waals surface area contributed by atoms with Crippen molar-refractivity contribution in [3.63, 3.8) is 0 Å². The maximum atomic E-state index is 11.2. The van der Waals surface area contributed by atoms with Crippen molar-refractivity contribution in [1.29, 1.82) is 0 Å². The third kappa shape index (κ3) is 2.61. The first-order valence-corrected chi connectivity index (χ1v) is 5.99. The van der Waals surface area contributed by atoms with Gasteiger partial charge in [0.15, 0.2) is 0 Å². The Morgan fingerprint density at radius 3 is 2.53 bits per heavy atom. The highest BCUT2D eigenvalue weighted by molar-refractivity contribution is 9.10. The van der Waals surface area contributed by atoms with Crippen LogP contribution in [0.1, 0.15) is 22.6 Å². The van der Waals surface area contributed by atoms with E-state index in [-0.39, 0.29) is 6.54 Å². The molecule has 4 nitrogen and oxygen atoms in total. The number of carboxylic acids is 1. The molecule has 0 aliphatic rings. The smallest absolute Gasteiger partial charge is 0.312 e. The molecule has 0 aliphatic carbocycles. The maximum absolute atomic E-state index is 11.2. The molecule has 0 heterocycles. The lowest BCUT2D eigenvalue weighted by atomic mass is 9.94. The highest BCUT2D eigenvalue weighted by Crippen LogP contribution is 2.38. The normalized spacial score (nSPS) is 12.3. The largest absolute Gasteiger partial charge is 0.496 e. The highest BCUT2D eigenvalue weighted by Gasteiger charge is 2.26. The fraction of sp³-hybridized carbons (Fsp3) is 0.417. The first-order chi connectivity index (χ1) is 7.93. The molecule has 0 radical (unpaired) electrons. The Morgan fingerprint density at radius 2 is 2.12 bits per heavy atom. The fourth-order valence-electron chi connectivity index (χ4n) is 1.90. The van der Waals surface area contributed by atoms with Gasteiger partial charge >= 0.3 is 5.97 Å². The molecule has 0 spiro atoms. The summed E-state index contributed by atoms with van der Waals surface area (Å²) in [7, 11) is 1.53. The average Bonchev–Trinajstić information content (AvgIpc) is 2.25. The van der Waals surface area contributed by atoms with Crippen LogP contribution in [0.5, 0.6) is 5.75 Å². The summed E-state index contributed by atoms with van der Waals surface area (Å²) >= 11 is 3.42. The quantitative estimate of drug-likeness (QED) is 0.894. The zero-order chi connectivity index (χ0) is 13.2. The Hall–Kier alpha value is -1.07. The van der Waals surface area contributed by atoms with E-state index in [2.05, 4.69) is 15.9 Å². The van der Waals surface area contributed by atoms with E-state index in [0.717, 1.165) is 15.6 Å². The molecule has 1 atom stereocenters. The van der Waals surface area contributed by atoms with Gasteiger partial charge in [0.25, 0.3) is 0 Å². The Labute approximate surface area is 109 Å². The van der Waals surface area contributed by atoms with Crippen LogP contribution in [0.15, 0.2) is 10.5 Å². The van der Waals surface area contributed by atoms with Gasteiger partial charge in [-0.2, -0.15) is 0 Å². The molecule has 1 rings (SSSR count). The van der Waals surface area contributed by atoms with Crippen molar-refractivity contribution in [1.82, 2.24) is 0 Å². The predicted octanol–water partition coefficient (Wildman–Crippen LogP) is 2.20. The van der Waals surface area contributed by atoms with E-state index in [4.69, 9.17) is 10.5 Å². The van der Waals surface area contributed by atoms with Crippen LogP contribution in [0.2, 0.25) is 0 Å². The molecule has 0 aromatic heterocycles. The van der Waals surface area contributed by atoms with Crippen LogP contribution in [0, 0.1) is 13.8 Å². The number of rotatable bonds is 4. The molecule has 1 unspecified atom stereocenters. The van der Waals surface area contributed by atoms with Crippen molar-refractivity contribution in [2.24, 2.45) is 5.73 Å². The lowest BCUT2D eigenvalue weighted by Gasteiger charge is -2.19. The molecular formula is C12H16BrNO3. The van der Waals surface area contributed by atoms with Crippen LogP contribution in [0.3, 0.4) is 0 Å². The van der Waals surface area contributed by atoms with Crippen LogP contribution in [-0.4, -0.2) is 24.7 Å². The lowest BCUT2D eigenvalue weighted by Crippen LogP contribution is -2.22. The molecule has 3 N–H and O–H groups in total. The molecular weight excluding hydrogens is 286 g/mol. The molecule has 94 valence electrons. The number of hydrogen-bond donors (Lipinski definition) is 2. The standard InChI is InChI=1S/C12H16BrNO3/c1-6-4-7(2)11(17-3)9(10(6)13)8(5-14)12(15)16/h4,8H,5,14H2,1-3H3,(H,15,16). The van der Waals surface area contributed by atoms with E-state index in [9.17, 15) is 9.90 Å². The van der Waals surface area contributed by atoms with Gasteiger partial charge in [-0.05, 0) is 25.0 Å². The van der Waals surface area contributed by atoms with E-state index in [1.165, 1.54) is 7.11 Å². The number of aliphatic carboxylic acids is 1. The van der Waals surface area contributed by atoms with Gasteiger partial charge in [-0.25, -0.2) is 0 Å². The van der Waals surface area contributed by atoms with Crippen LogP contribution in [0.25, 0.3) is 0 Å². The van der Waals surface area contributed by atoms with E-state index in [0.29, 0.717) is 11.3 Å². The van der Waals surface area contributed by atoms with Gasteiger partial charge in [-0.1, -0.05) is 22.0 Å². The second kappa shape index (κ2) is 5.51. The summed E-state index contributed by atoms with van der Waals surface area (Å²) in [5.74, 6) is -1.13. The van der Waals surface area contributed by atoms with Crippen molar-refractivity contribution in [3.05, 3.63) is 27.2 Å². The molecule has 0 fully saturated rings. The molecule has 0 bridgehead atoms. The van der Waals surface area contributed by atoms with Crippen LogP contribution in [-0.2, 0) is 4.79 Å². The monoisotopic (exact) mass is 301 g/mol. The topological polar surface area (TPSA) is 72.5 Å². The zero-order valence-electron chi connectivity index (χ0n) is 10.1. The Kier molecular flexibility index (Phi) is 4.54. The van der Waals surface area contributed by atoms with Crippen LogP contribution >= 0.6 is 15.9 Å². The van der Waals surface area contributed by atoms with Crippen LogP contribution < -0.4 is 10.5 Å². The van der Waals surface area contributed by atoms with Crippen molar-refractivity contribution < 1.29 is 14.6 Å². The summed E-state index contributed by atoms with van der Waals surface area (Å²) < 4.78 is 6.04. The predicted molar refractivity (Wildman–Crippen MR) is 69.6 cm³/mol. The van der Waals surface area contributed by atoms with Gasteiger partial charge < -0.3 is 15.6 Å². The molecule has 1 aromatic rings. The van der Waals surface area contributed by atoms with Gasteiger partial charge in [0.1, 0.15) is 5.75 Å². The van der Waals surface area contributed by atoms with Gasteiger partial charge in [-0.3, -0.25) is 4.79 Å². The van der Waals surface area contributed by atoms with Crippen molar-refractivity contribution in [3.8, 4) is 5.75 Å². The number of nitrogens with two attached hydrogens (primary N) is 1. The van der Waals surface area contributed by atoms with Gasteiger partial charge in [0.05, 0.1) is 13.0 Å². The number of methoxy groups -OCH3 is 1. The molecule has 5 heteroatoms. The fourth-order valence-corrected chi connectivity index (χ4v) is 2.47. The van der Waals surface area contributed by atoms with E-state index in [1.54, 1.807) is 0 Å². The third-order valence-corrected chi connectivity index (χ3v) is 3.76. The summed E-state index contributed by atoms with van der Waals surface area (Å²) in [6, 6.07) is 1.95. The Bertz CT molecular complexity index is 446. The van der Waals surface area contributed by atoms with Gasteiger partial charge in [-0.15, -0.1) is 0 Å². The number of carboxylic acid groups (broad SMARTS) is 1. The minimum atomic E-state index is -0.948.